The van der Waals surface area contributed by atoms with Gasteiger partial charge in [0.05, 0.1) is 10.6 Å². The first-order chi connectivity index (χ1) is 9.38. The number of nitrogens with zero attached hydrogens (tertiary/aromatic N) is 1. The van der Waals surface area contributed by atoms with Gasteiger partial charge in [0, 0.05) is 24.0 Å². The van der Waals surface area contributed by atoms with Crippen LogP contribution >= 0.6 is 23.2 Å². The molecule has 3 nitrogen and oxygen atoms in total. The molecule has 1 aromatic carbocycles. The van der Waals surface area contributed by atoms with Gasteiger partial charge in [-0.05, 0) is 6.07 Å². The van der Waals surface area contributed by atoms with E-state index in [1.165, 1.54) is 6.07 Å². The number of benzene rings is 1. The molecule has 1 amide bonds. The third-order valence-electron chi connectivity index (χ3n) is 2.31. The quantitative estimate of drug-likeness (QED) is 0.669. The summed E-state index contributed by atoms with van der Waals surface area (Å²) < 4.78 is 38.8. The van der Waals surface area contributed by atoms with Crippen molar-refractivity contribution in [2.24, 2.45) is 0 Å². The summed E-state index contributed by atoms with van der Waals surface area (Å²) >= 11 is 11.4. The Morgan fingerprint density at radius 2 is 1.70 bits per heavy atom. The lowest BCUT2D eigenvalue weighted by Crippen LogP contribution is -2.13. The summed E-state index contributed by atoms with van der Waals surface area (Å²) in [5.41, 5.74) is -0.285. The summed E-state index contributed by atoms with van der Waals surface area (Å²) in [6.45, 7) is 0. The number of aromatic nitrogens is 1. The molecule has 1 aromatic heterocycles. The van der Waals surface area contributed by atoms with Crippen LogP contribution in [0, 0.1) is 17.5 Å². The molecular weight excluding hydrogens is 316 g/mol. The number of hydrogen-bond donors (Lipinski definition) is 1. The van der Waals surface area contributed by atoms with E-state index in [2.05, 4.69) is 10.3 Å². The Balaban J connectivity index is 2.30. The molecule has 0 atom stereocenters. The fourth-order valence-electron chi connectivity index (χ4n) is 1.41. The van der Waals surface area contributed by atoms with Crippen LogP contribution < -0.4 is 5.32 Å². The highest BCUT2D eigenvalue weighted by molar-refractivity contribution is 6.35. The van der Waals surface area contributed by atoms with Gasteiger partial charge in [-0.15, -0.1) is 0 Å². The topological polar surface area (TPSA) is 42.0 Å². The van der Waals surface area contributed by atoms with E-state index in [4.69, 9.17) is 23.2 Å². The van der Waals surface area contributed by atoms with Gasteiger partial charge in [-0.3, -0.25) is 4.79 Å². The fraction of sp³-hybridized carbons (Fsp3) is 0. The maximum atomic E-state index is 13.0. The van der Waals surface area contributed by atoms with Gasteiger partial charge in [0.15, 0.2) is 17.5 Å². The monoisotopic (exact) mass is 320 g/mol. The molecule has 20 heavy (non-hydrogen) atoms. The van der Waals surface area contributed by atoms with E-state index in [0.29, 0.717) is 12.1 Å². The Labute approximate surface area is 121 Å². The lowest BCUT2D eigenvalue weighted by Gasteiger charge is -2.07. The Morgan fingerprint density at radius 1 is 1.10 bits per heavy atom. The SMILES string of the molecule is O=C(Nc1cc(F)c(F)c(F)c1)c1cc(Cl)ncc1Cl. The first-order valence-corrected chi connectivity index (χ1v) is 5.91. The van der Waals surface area contributed by atoms with Crippen molar-refractivity contribution in [1.29, 1.82) is 0 Å². The molecule has 0 fully saturated rings. The molecule has 8 heteroatoms. The second kappa shape index (κ2) is 5.68. The van der Waals surface area contributed by atoms with Crippen LogP contribution in [0.2, 0.25) is 10.2 Å². The zero-order chi connectivity index (χ0) is 14.9. The number of nitrogens with one attached hydrogen (secondary N) is 1. The Morgan fingerprint density at radius 3 is 2.30 bits per heavy atom. The van der Waals surface area contributed by atoms with Crippen molar-refractivity contribution in [3.63, 3.8) is 0 Å². The Bertz CT molecular complexity index is 671. The minimum Gasteiger partial charge on any atom is -0.322 e. The van der Waals surface area contributed by atoms with Crippen LogP contribution in [-0.4, -0.2) is 10.9 Å². The number of amides is 1. The summed E-state index contributed by atoms with van der Waals surface area (Å²) in [5, 5.41) is 2.21. The van der Waals surface area contributed by atoms with Crippen molar-refractivity contribution < 1.29 is 18.0 Å². The third-order valence-corrected chi connectivity index (χ3v) is 2.82. The van der Waals surface area contributed by atoms with E-state index in [-0.39, 0.29) is 21.4 Å². The molecule has 104 valence electrons. The molecule has 0 aliphatic heterocycles. The maximum Gasteiger partial charge on any atom is 0.257 e. The van der Waals surface area contributed by atoms with Crippen LogP contribution in [0.3, 0.4) is 0 Å². The van der Waals surface area contributed by atoms with Gasteiger partial charge in [0.2, 0.25) is 0 Å². The summed E-state index contributed by atoms with van der Waals surface area (Å²) in [6.07, 6.45) is 1.16. The van der Waals surface area contributed by atoms with E-state index in [1.807, 2.05) is 0 Å². The van der Waals surface area contributed by atoms with Crippen molar-refractivity contribution in [1.82, 2.24) is 4.98 Å². The first-order valence-electron chi connectivity index (χ1n) is 5.15. The van der Waals surface area contributed by atoms with E-state index in [1.54, 1.807) is 0 Å². The van der Waals surface area contributed by atoms with Crippen molar-refractivity contribution >= 4 is 34.8 Å². The van der Waals surface area contributed by atoms with Gasteiger partial charge < -0.3 is 5.32 Å². The van der Waals surface area contributed by atoms with Gasteiger partial charge in [-0.25, -0.2) is 18.2 Å². The van der Waals surface area contributed by atoms with E-state index in [9.17, 15) is 18.0 Å². The second-order valence-corrected chi connectivity index (χ2v) is 4.49. The molecule has 2 rings (SSSR count). The molecule has 0 aliphatic carbocycles. The zero-order valence-corrected chi connectivity index (χ0v) is 11.1. The lowest BCUT2D eigenvalue weighted by molar-refractivity contribution is 0.102. The number of hydrogen-bond acceptors (Lipinski definition) is 2. The van der Waals surface area contributed by atoms with Crippen molar-refractivity contribution in [3.05, 3.63) is 57.6 Å². The highest BCUT2D eigenvalue weighted by Gasteiger charge is 2.15. The smallest absolute Gasteiger partial charge is 0.257 e. The minimum absolute atomic E-state index is 0.00922. The summed E-state index contributed by atoms with van der Waals surface area (Å²) in [7, 11) is 0. The van der Waals surface area contributed by atoms with Crippen LogP contribution in [0.15, 0.2) is 24.4 Å². The van der Waals surface area contributed by atoms with Crippen molar-refractivity contribution in [2.75, 3.05) is 5.32 Å². The number of carbonyl (C=O) groups is 1. The van der Waals surface area contributed by atoms with Crippen molar-refractivity contribution in [3.8, 4) is 0 Å². The highest BCUT2D eigenvalue weighted by Crippen LogP contribution is 2.21. The van der Waals surface area contributed by atoms with Crippen molar-refractivity contribution in [2.45, 2.75) is 0 Å². The van der Waals surface area contributed by atoms with Crippen LogP contribution in [0.25, 0.3) is 0 Å². The van der Waals surface area contributed by atoms with E-state index in [0.717, 1.165) is 6.20 Å². The van der Waals surface area contributed by atoms with Gasteiger partial charge in [-0.2, -0.15) is 0 Å². The van der Waals surface area contributed by atoms with Gasteiger partial charge in [0.1, 0.15) is 5.15 Å². The molecule has 0 radical (unpaired) electrons. The predicted octanol–water partition coefficient (Wildman–Crippen LogP) is 4.06. The molecular formula is C12H5Cl2F3N2O. The van der Waals surface area contributed by atoms with E-state index >= 15 is 0 Å². The van der Waals surface area contributed by atoms with Crippen LogP contribution in [-0.2, 0) is 0 Å². The number of rotatable bonds is 2. The molecule has 0 unspecified atom stereocenters. The lowest BCUT2D eigenvalue weighted by atomic mass is 10.2. The standard InChI is InChI=1S/C12H5Cl2F3N2O/c13-7-4-18-10(14)3-6(7)12(20)19-5-1-8(15)11(17)9(16)2-5/h1-4H,(H,19,20). The summed E-state index contributed by atoms with van der Waals surface area (Å²) in [6, 6.07) is 2.48. The zero-order valence-electron chi connectivity index (χ0n) is 9.55. The third kappa shape index (κ3) is 3.02. The minimum atomic E-state index is -1.62. The van der Waals surface area contributed by atoms with Gasteiger partial charge >= 0.3 is 0 Å². The Kier molecular flexibility index (Phi) is 4.15. The molecule has 0 spiro atoms. The molecule has 1 N–H and O–H groups in total. The average Bonchev–Trinajstić information content (AvgIpc) is 2.38. The Hall–Kier alpha value is -1.79. The largest absolute Gasteiger partial charge is 0.322 e. The molecule has 1 heterocycles. The van der Waals surface area contributed by atoms with Crippen LogP contribution in [0.1, 0.15) is 10.4 Å². The maximum absolute atomic E-state index is 13.0. The normalized spacial score (nSPS) is 10.4. The number of carbonyl (C=O) groups excluding carboxylic acids is 1. The molecule has 0 saturated heterocycles. The first kappa shape index (κ1) is 14.6. The molecule has 0 aliphatic rings. The van der Waals surface area contributed by atoms with Gasteiger partial charge in [0.25, 0.3) is 5.91 Å². The summed E-state index contributed by atoms with van der Waals surface area (Å²) in [4.78, 5) is 15.5. The van der Waals surface area contributed by atoms with Gasteiger partial charge in [-0.1, -0.05) is 23.2 Å². The molecule has 0 bridgehead atoms. The molecule has 0 saturated carbocycles. The number of pyridine rings is 1. The van der Waals surface area contributed by atoms with Crippen LogP contribution in [0.4, 0.5) is 18.9 Å². The number of halogens is 5. The number of anilines is 1. The second-order valence-electron chi connectivity index (χ2n) is 3.69. The highest BCUT2D eigenvalue weighted by atomic mass is 35.5. The fourth-order valence-corrected chi connectivity index (χ4v) is 1.76. The predicted molar refractivity (Wildman–Crippen MR) is 68.5 cm³/mol. The van der Waals surface area contributed by atoms with E-state index < -0.39 is 23.4 Å². The molecule has 2 aromatic rings. The van der Waals surface area contributed by atoms with Crippen LogP contribution in [0.5, 0.6) is 0 Å². The average molecular weight is 321 g/mol. The summed E-state index contributed by atoms with van der Waals surface area (Å²) in [5.74, 6) is -5.21.